The van der Waals surface area contributed by atoms with Gasteiger partial charge in [0.05, 0.1) is 5.52 Å². The van der Waals surface area contributed by atoms with E-state index in [1.54, 1.807) is 48.5 Å². The Kier molecular flexibility index (Phi) is 3.65. The molecule has 2 aromatic carbocycles. The Morgan fingerprint density at radius 1 is 1.09 bits per heavy atom. The Bertz CT molecular complexity index is 869. The topological polar surface area (TPSA) is 72.2 Å². The number of hydrogen-bond acceptors (Lipinski definition) is 3. The Labute approximate surface area is 130 Å². The number of Topliss-reactive ketones (excluding diaryl/α,β-unsaturated/α-hetero) is 1. The van der Waals surface area contributed by atoms with Gasteiger partial charge in [-0.3, -0.25) is 9.48 Å². The number of hydrogen-bond donors (Lipinski definition) is 1. The second kappa shape index (κ2) is 5.61. The molecule has 110 valence electrons. The fourth-order valence-electron chi connectivity index (χ4n) is 2.27. The fraction of sp³-hybridized carbons (Fsp3) is 0.0625. The van der Waals surface area contributed by atoms with Gasteiger partial charge in [0.25, 0.3) is 0 Å². The normalized spacial score (nSPS) is 10.8. The van der Waals surface area contributed by atoms with E-state index in [2.05, 4.69) is 5.10 Å². The summed E-state index contributed by atoms with van der Waals surface area (Å²) in [5, 5.41) is 14.3. The van der Waals surface area contributed by atoms with Crippen molar-refractivity contribution in [1.82, 2.24) is 9.78 Å². The molecule has 0 aliphatic carbocycles. The zero-order valence-corrected chi connectivity index (χ0v) is 12.1. The summed E-state index contributed by atoms with van der Waals surface area (Å²) < 4.78 is 1.41. The van der Waals surface area contributed by atoms with Crippen LogP contribution in [0.25, 0.3) is 10.9 Å². The number of para-hydroxylation sites is 1. The van der Waals surface area contributed by atoms with Gasteiger partial charge in [-0.2, -0.15) is 5.10 Å². The van der Waals surface area contributed by atoms with Crippen molar-refractivity contribution < 1.29 is 14.7 Å². The number of rotatable bonds is 4. The van der Waals surface area contributed by atoms with Crippen LogP contribution in [0.4, 0.5) is 0 Å². The summed E-state index contributed by atoms with van der Waals surface area (Å²) in [6.07, 6.45) is 0. The number of aromatic nitrogens is 2. The van der Waals surface area contributed by atoms with Crippen molar-refractivity contribution in [3.63, 3.8) is 0 Å². The highest BCUT2D eigenvalue weighted by molar-refractivity contribution is 6.30. The number of ketones is 1. The van der Waals surface area contributed by atoms with Gasteiger partial charge in [-0.25, -0.2) is 4.79 Å². The zero-order chi connectivity index (χ0) is 15.7. The summed E-state index contributed by atoms with van der Waals surface area (Å²) in [4.78, 5) is 23.5. The number of fused-ring (bicyclic) bond motifs is 1. The number of carbonyl (C=O) groups is 2. The molecule has 0 radical (unpaired) electrons. The van der Waals surface area contributed by atoms with E-state index >= 15 is 0 Å². The highest BCUT2D eigenvalue weighted by Gasteiger charge is 2.17. The van der Waals surface area contributed by atoms with Crippen molar-refractivity contribution in [3.05, 3.63) is 64.8 Å². The zero-order valence-electron chi connectivity index (χ0n) is 11.4. The van der Waals surface area contributed by atoms with Crippen LogP contribution in [0.2, 0.25) is 5.02 Å². The van der Waals surface area contributed by atoms with Gasteiger partial charge in [0.1, 0.15) is 6.54 Å². The second-order valence-electron chi connectivity index (χ2n) is 4.76. The Hall–Kier alpha value is -2.66. The number of benzene rings is 2. The quantitative estimate of drug-likeness (QED) is 0.750. The Morgan fingerprint density at radius 3 is 2.45 bits per heavy atom. The standard InChI is InChI=1S/C16H11ClN2O3/c17-11-7-5-10(6-8-11)14(20)9-19-13-4-2-1-3-12(13)15(18-19)16(21)22/h1-8H,9H2,(H,21,22). The molecule has 0 saturated carbocycles. The van der Waals surface area contributed by atoms with E-state index in [0.29, 0.717) is 21.5 Å². The molecule has 1 N–H and O–H groups in total. The van der Waals surface area contributed by atoms with Gasteiger partial charge >= 0.3 is 5.97 Å². The SMILES string of the molecule is O=C(Cn1nc(C(=O)O)c2ccccc21)c1ccc(Cl)cc1. The van der Waals surface area contributed by atoms with E-state index < -0.39 is 5.97 Å². The molecule has 0 saturated heterocycles. The van der Waals surface area contributed by atoms with E-state index in [1.807, 2.05) is 0 Å². The maximum Gasteiger partial charge on any atom is 0.357 e. The number of nitrogens with zero attached hydrogens (tertiary/aromatic N) is 2. The minimum atomic E-state index is -1.12. The number of carbonyl (C=O) groups excluding carboxylic acids is 1. The van der Waals surface area contributed by atoms with Crippen LogP contribution in [0.15, 0.2) is 48.5 Å². The summed E-state index contributed by atoms with van der Waals surface area (Å²) in [6, 6.07) is 13.5. The first-order valence-corrected chi connectivity index (χ1v) is 6.91. The predicted molar refractivity (Wildman–Crippen MR) is 82.5 cm³/mol. The molecule has 0 atom stereocenters. The number of halogens is 1. The summed E-state index contributed by atoms with van der Waals surface area (Å²) in [6.45, 7) is -0.0323. The number of carboxylic acid groups (broad SMARTS) is 1. The molecule has 5 nitrogen and oxygen atoms in total. The Balaban J connectivity index is 1.98. The largest absolute Gasteiger partial charge is 0.476 e. The average molecular weight is 315 g/mol. The van der Waals surface area contributed by atoms with E-state index in [0.717, 1.165) is 0 Å². The third-order valence-electron chi connectivity index (χ3n) is 3.32. The molecular formula is C16H11ClN2O3. The molecule has 0 spiro atoms. The van der Waals surface area contributed by atoms with Gasteiger partial charge in [-0.1, -0.05) is 29.8 Å². The first kappa shape index (κ1) is 14.3. The molecule has 0 aliphatic rings. The first-order chi connectivity index (χ1) is 10.6. The number of carboxylic acids is 1. The van der Waals surface area contributed by atoms with Crippen LogP contribution in [0.1, 0.15) is 20.8 Å². The lowest BCUT2D eigenvalue weighted by Gasteiger charge is -2.03. The molecule has 0 aliphatic heterocycles. The first-order valence-electron chi connectivity index (χ1n) is 6.54. The molecule has 6 heteroatoms. The molecule has 1 heterocycles. The minimum absolute atomic E-state index is 0.0323. The molecule has 0 bridgehead atoms. The highest BCUT2D eigenvalue weighted by Crippen LogP contribution is 2.19. The van der Waals surface area contributed by atoms with Crippen LogP contribution >= 0.6 is 11.6 Å². The summed E-state index contributed by atoms with van der Waals surface area (Å²) >= 11 is 5.80. The van der Waals surface area contributed by atoms with Gasteiger partial charge in [0, 0.05) is 16.0 Å². The molecule has 0 fully saturated rings. The Morgan fingerprint density at radius 2 is 1.77 bits per heavy atom. The summed E-state index contributed by atoms with van der Waals surface area (Å²) in [5.41, 5.74) is 1.06. The maximum atomic E-state index is 12.3. The van der Waals surface area contributed by atoms with Crippen molar-refractivity contribution in [2.45, 2.75) is 6.54 Å². The van der Waals surface area contributed by atoms with Crippen molar-refractivity contribution in [1.29, 1.82) is 0 Å². The third-order valence-corrected chi connectivity index (χ3v) is 3.57. The van der Waals surface area contributed by atoms with Crippen LogP contribution in [-0.4, -0.2) is 26.6 Å². The van der Waals surface area contributed by atoms with Gasteiger partial charge in [-0.05, 0) is 30.3 Å². The van der Waals surface area contributed by atoms with Crippen molar-refractivity contribution in [2.75, 3.05) is 0 Å². The van der Waals surface area contributed by atoms with Gasteiger partial charge in [-0.15, -0.1) is 0 Å². The third kappa shape index (κ3) is 2.58. The molecule has 3 rings (SSSR count). The van der Waals surface area contributed by atoms with E-state index in [-0.39, 0.29) is 18.0 Å². The summed E-state index contributed by atoms with van der Waals surface area (Å²) in [5.74, 6) is -1.28. The molecule has 0 amide bonds. The molecule has 0 unspecified atom stereocenters. The lowest BCUT2D eigenvalue weighted by atomic mass is 10.1. The number of aromatic carboxylic acids is 1. The van der Waals surface area contributed by atoms with Crippen molar-refractivity contribution in [3.8, 4) is 0 Å². The van der Waals surface area contributed by atoms with Crippen LogP contribution in [0, 0.1) is 0 Å². The lowest BCUT2D eigenvalue weighted by molar-refractivity contribution is 0.0690. The van der Waals surface area contributed by atoms with Crippen LogP contribution < -0.4 is 0 Å². The fourth-order valence-corrected chi connectivity index (χ4v) is 2.39. The smallest absolute Gasteiger partial charge is 0.357 e. The van der Waals surface area contributed by atoms with Crippen LogP contribution in [-0.2, 0) is 6.54 Å². The molecule has 22 heavy (non-hydrogen) atoms. The highest BCUT2D eigenvalue weighted by atomic mass is 35.5. The van der Waals surface area contributed by atoms with E-state index in [9.17, 15) is 14.7 Å². The monoisotopic (exact) mass is 314 g/mol. The van der Waals surface area contributed by atoms with Crippen LogP contribution in [0.5, 0.6) is 0 Å². The molecule has 1 aromatic heterocycles. The lowest BCUT2D eigenvalue weighted by Crippen LogP contribution is -2.12. The van der Waals surface area contributed by atoms with Gasteiger partial charge in [0.15, 0.2) is 11.5 Å². The maximum absolute atomic E-state index is 12.3. The second-order valence-corrected chi connectivity index (χ2v) is 5.20. The van der Waals surface area contributed by atoms with Gasteiger partial charge < -0.3 is 5.11 Å². The minimum Gasteiger partial charge on any atom is -0.476 e. The molecular weight excluding hydrogens is 304 g/mol. The van der Waals surface area contributed by atoms with Crippen molar-refractivity contribution in [2.24, 2.45) is 0 Å². The summed E-state index contributed by atoms with van der Waals surface area (Å²) in [7, 11) is 0. The predicted octanol–water partition coefficient (Wildman–Crippen LogP) is 3.27. The van der Waals surface area contributed by atoms with Crippen LogP contribution in [0.3, 0.4) is 0 Å². The average Bonchev–Trinajstić information content (AvgIpc) is 2.87. The van der Waals surface area contributed by atoms with E-state index in [1.165, 1.54) is 4.68 Å². The van der Waals surface area contributed by atoms with Crippen molar-refractivity contribution >= 4 is 34.3 Å². The van der Waals surface area contributed by atoms with E-state index in [4.69, 9.17) is 11.6 Å². The molecule has 3 aromatic rings. The van der Waals surface area contributed by atoms with Gasteiger partial charge in [0.2, 0.25) is 0 Å².